The monoisotopic (exact) mass is 390 g/mol. The van der Waals surface area contributed by atoms with Crippen LogP contribution in [0.5, 0.6) is 0 Å². The van der Waals surface area contributed by atoms with E-state index < -0.39 is 11.7 Å². The Hall–Kier alpha value is -2.28. The van der Waals surface area contributed by atoms with E-state index in [1.54, 1.807) is 51.1 Å². The number of rotatable bonds is 6. The summed E-state index contributed by atoms with van der Waals surface area (Å²) in [5, 5.41) is 2.46. The zero-order chi connectivity index (χ0) is 20.4. The number of ether oxygens (including phenoxy) is 1. The van der Waals surface area contributed by atoms with Crippen molar-refractivity contribution in [1.29, 1.82) is 0 Å². The van der Waals surface area contributed by atoms with Gasteiger partial charge in [-0.1, -0.05) is 32.1 Å². The summed E-state index contributed by atoms with van der Waals surface area (Å²) < 4.78 is 6.48. The zero-order valence-corrected chi connectivity index (χ0v) is 17.1. The van der Waals surface area contributed by atoms with Gasteiger partial charge in [-0.05, 0) is 50.8 Å². The molecule has 27 heavy (non-hydrogen) atoms. The van der Waals surface area contributed by atoms with Gasteiger partial charge in [0, 0.05) is 0 Å². The van der Waals surface area contributed by atoms with Crippen molar-refractivity contribution in [3.63, 3.8) is 0 Å². The maximum absolute atomic E-state index is 12.6. The number of carbonyl (C=O) groups is 3. The number of amides is 3. The Balaban J connectivity index is 2.17. The predicted octanol–water partition coefficient (Wildman–Crippen LogP) is 4.03. The van der Waals surface area contributed by atoms with Gasteiger partial charge < -0.3 is 10.1 Å². The highest BCUT2D eigenvalue weighted by Gasteiger charge is 2.39. The van der Waals surface area contributed by atoms with Crippen molar-refractivity contribution < 1.29 is 19.1 Å². The first-order valence-corrected chi connectivity index (χ1v) is 9.65. The van der Waals surface area contributed by atoms with Crippen LogP contribution in [0, 0.1) is 5.92 Å². The predicted molar refractivity (Wildman–Crippen MR) is 107 cm³/mol. The van der Waals surface area contributed by atoms with Crippen molar-refractivity contribution in [2.75, 3.05) is 0 Å². The van der Waals surface area contributed by atoms with Crippen molar-refractivity contribution in [3.8, 4) is 0 Å². The number of alkyl carbamates (subject to hydrolysis) is 1. The summed E-state index contributed by atoms with van der Waals surface area (Å²) in [6, 6.07) is 6.36. The molecule has 0 saturated heterocycles. The summed E-state index contributed by atoms with van der Waals surface area (Å²) in [5.74, 6) is -0.678. The van der Waals surface area contributed by atoms with E-state index >= 15 is 0 Å². The molecular weight excluding hydrogens is 364 g/mol. The number of hydrogen-bond acceptors (Lipinski definition) is 5. The Morgan fingerprint density at radius 1 is 1.19 bits per heavy atom. The fourth-order valence-corrected chi connectivity index (χ4v) is 3.94. The summed E-state index contributed by atoms with van der Waals surface area (Å²) in [5.41, 5.74) is 0.156. The van der Waals surface area contributed by atoms with Gasteiger partial charge in [0.05, 0.1) is 22.4 Å². The highest BCUT2D eigenvalue weighted by Crippen LogP contribution is 2.33. The second-order valence-electron chi connectivity index (χ2n) is 7.67. The van der Waals surface area contributed by atoms with Crippen LogP contribution in [0.4, 0.5) is 4.79 Å². The summed E-state index contributed by atoms with van der Waals surface area (Å²) in [4.78, 5) is 37.4. The lowest BCUT2D eigenvalue weighted by Gasteiger charge is -2.31. The number of imide groups is 1. The second-order valence-corrected chi connectivity index (χ2v) is 8.79. The molecule has 2 rings (SSSR count). The molecular formula is C20H26N2O4S. The van der Waals surface area contributed by atoms with Crippen LogP contribution in [0.1, 0.15) is 55.3 Å². The molecule has 1 aliphatic heterocycles. The van der Waals surface area contributed by atoms with Crippen molar-refractivity contribution in [1.82, 2.24) is 9.62 Å². The summed E-state index contributed by atoms with van der Waals surface area (Å²) >= 11 is 1.07. The fourth-order valence-electron chi connectivity index (χ4n) is 2.71. The smallest absolute Gasteiger partial charge is 0.407 e. The first-order valence-electron chi connectivity index (χ1n) is 8.82. The van der Waals surface area contributed by atoms with Crippen molar-refractivity contribution in [2.24, 2.45) is 5.92 Å². The Morgan fingerprint density at radius 3 is 2.11 bits per heavy atom. The van der Waals surface area contributed by atoms with Gasteiger partial charge in [0.15, 0.2) is 0 Å². The van der Waals surface area contributed by atoms with Gasteiger partial charge in [-0.2, -0.15) is 0 Å². The molecule has 0 saturated carbocycles. The number of hydrogen-bond donors (Lipinski definition) is 1. The highest BCUT2D eigenvalue weighted by atomic mass is 32.2. The Bertz CT molecular complexity index is 720. The second kappa shape index (κ2) is 8.17. The fraction of sp³-hybridized carbons (Fsp3) is 0.450. The molecule has 0 aromatic heterocycles. The SMILES string of the molecule is C=C[C@H](SN1C(=O)c2ccccc2C1=O)[C@@H](NC(=O)OC(C)(C)C)C(C)C. The van der Waals surface area contributed by atoms with Crippen LogP contribution in [0.3, 0.4) is 0 Å². The van der Waals surface area contributed by atoms with E-state index in [-0.39, 0.29) is 29.0 Å². The van der Waals surface area contributed by atoms with Crippen LogP contribution in [0.15, 0.2) is 36.9 Å². The minimum absolute atomic E-state index is 0.0307. The molecule has 2 atom stereocenters. The van der Waals surface area contributed by atoms with Crippen LogP contribution in [-0.2, 0) is 4.74 Å². The molecule has 1 aliphatic rings. The number of nitrogens with zero attached hydrogens (tertiary/aromatic N) is 1. The third-order valence-corrected chi connectivity index (χ3v) is 5.24. The molecule has 6 nitrogen and oxygen atoms in total. The molecule has 0 unspecified atom stereocenters. The van der Waals surface area contributed by atoms with Crippen LogP contribution >= 0.6 is 11.9 Å². The lowest BCUT2D eigenvalue weighted by Crippen LogP contribution is -2.47. The maximum atomic E-state index is 12.6. The summed E-state index contributed by atoms with van der Waals surface area (Å²) in [7, 11) is 0. The lowest BCUT2D eigenvalue weighted by atomic mass is 10.0. The van der Waals surface area contributed by atoms with Crippen LogP contribution in [0.25, 0.3) is 0 Å². The molecule has 3 amide bonds. The number of carbonyl (C=O) groups excluding carboxylic acids is 3. The van der Waals surface area contributed by atoms with Crippen molar-refractivity contribution >= 4 is 29.9 Å². The van der Waals surface area contributed by atoms with Crippen LogP contribution < -0.4 is 5.32 Å². The average molecular weight is 391 g/mol. The molecule has 0 radical (unpaired) electrons. The van der Waals surface area contributed by atoms with Crippen molar-refractivity contribution in [3.05, 3.63) is 48.0 Å². The minimum Gasteiger partial charge on any atom is -0.444 e. The molecule has 1 heterocycles. The van der Waals surface area contributed by atoms with Gasteiger partial charge in [-0.3, -0.25) is 9.59 Å². The lowest BCUT2D eigenvalue weighted by molar-refractivity contribution is 0.0492. The van der Waals surface area contributed by atoms with E-state index in [0.717, 1.165) is 16.3 Å². The van der Waals surface area contributed by atoms with Gasteiger partial charge >= 0.3 is 6.09 Å². The first kappa shape index (κ1) is 21.0. The average Bonchev–Trinajstić information content (AvgIpc) is 2.81. The zero-order valence-electron chi connectivity index (χ0n) is 16.3. The van der Waals surface area contributed by atoms with E-state index in [1.807, 2.05) is 13.8 Å². The first-order chi connectivity index (χ1) is 12.5. The number of benzene rings is 1. The molecule has 0 bridgehead atoms. The van der Waals surface area contributed by atoms with Crippen molar-refractivity contribution in [2.45, 2.75) is 51.5 Å². The molecule has 1 aromatic carbocycles. The van der Waals surface area contributed by atoms with E-state index in [0.29, 0.717) is 11.1 Å². The molecule has 0 aliphatic carbocycles. The molecule has 0 fully saturated rings. The quantitative estimate of drug-likeness (QED) is 0.451. The Morgan fingerprint density at radius 2 is 1.70 bits per heavy atom. The summed E-state index contributed by atoms with van der Waals surface area (Å²) in [6.45, 7) is 13.1. The van der Waals surface area contributed by atoms with Gasteiger partial charge in [0.25, 0.3) is 11.8 Å². The van der Waals surface area contributed by atoms with E-state index in [1.165, 1.54) is 0 Å². The van der Waals surface area contributed by atoms with Gasteiger partial charge in [0.2, 0.25) is 0 Å². The topological polar surface area (TPSA) is 75.7 Å². The molecule has 146 valence electrons. The normalized spacial score (nSPS) is 16.1. The Kier molecular flexibility index (Phi) is 6.36. The molecule has 1 aromatic rings. The van der Waals surface area contributed by atoms with Gasteiger partial charge in [-0.25, -0.2) is 9.10 Å². The standard InChI is InChI=1S/C20H26N2O4S/c1-7-15(16(12(2)3)21-19(25)26-20(4,5)6)27-22-17(23)13-10-8-9-11-14(13)18(22)24/h7-12,15-16H,1H2,2-6H3,(H,21,25)/t15-,16-/m0/s1. The van der Waals surface area contributed by atoms with E-state index in [2.05, 4.69) is 11.9 Å². The van der Waals surface area contributed by atoms with Gasteiger partial charge in [0.1, 0.15) is 5.60 Å². The van der Waals surface area contributed by atoms with E-state index in [9.17, 15) is 14.4 Å². The molecule has 0 spiro atoms. The largest absolute Gasteiger partial charge is 0.444 e. The highest BCUT2D eigenvalue weighted by molar-refractivity contribution is 7.99. The van der Waals surface area contributed by atoms with Crippen LogP contribution in [0.2, 0.25) is 0 Å². The van der Waals surface area contributed by atoms with Crippen LogP contribution in [-0.4, -0.2) is 39.1 Å². The third-order valence-electron chi connectivity index (χ3n) is 3.97. The van der Waals surface area contributed by atoms with Gasteiger partial charge in [-0.15, -0.1) is 6.58 Å². The number of nitrogens with one attached hydrogen (secondary N) is 1. The minimum atomic E-state index is -0.620. The third kappa shape index (κ3) is 4.91. The molecule has 1 N–H and O–H groups in total. The molecule has 7 heteroatoms. The maximum Gasteiger partial charge on any atom is 0.407 e. The number of fused-ring (bicyclic) bond motifs is 1. The Labute approximate surface area is 164 Å². The summed E-state index contributed by atoms with van der Waals surface area (Å²) in [6.07, 6.45) is 1.09. The van der Waals surface area contributed by atoms with E-state index in [4.69, 9.17) is 4.74 Å².